The maximum Gasteiger partial charge on any atom is 0.0241 e. The lowest BCUT2D eigenvalue weighted by Crippen LogP contribution is -1.77. The topological polar surface area (TPSA) is 0 Å². The monoisotopic (exact) mass is 162 g/mol. The van der Waals surface area contributed by atoms with Crippen molar-refractivity contribution >= 4 is 15.9 Å². The Hall–Kier alpha value is 0.220. The summed E-state index contributed by atoms with van der Waals surface area (Å²) in [6.45, 7) is 4.23. The predicted octanol–water partition coefficient (Wildman–Crippen LogP) is 2.74. The van der Waals surface area contributed by atoms with Gasteiger partial charge in [-0.05, 0) is 13.3 Å². The fourth-order valence-electron chi connectivity index (χ4n) is 0.376. The average Bonchev–Trinajstić information content (AvgIpc) is 1.72. The zero-order chi connectivity index (χ0) is 5.70. The van der Waals surface area contributed by atoms with Crippen LogP contribution in [0.4, 0.5) is 0 Å². The van der Waals surface area contributed by atoms with Crippen molar-refractivity contribution in [3.8, 4) is 0 Å². The summed E-state index contributed by atoms with van der Waals surface area (Å²) < 4.78 is 0. The number of hydrogen-bond donors (Lipinski definition) is 0. The SMILES string of the molecule is CC=C(CC)CBr. The Morgan fingerprint density at radius 1 is 1.71 bits per heavy atom. The molecule has 0 spiro atoms. The summed E-state index contributed by atoms with van der Waals surface area (Å²) in [6.07, 6.45) is 3.32. The Morgan fingerprint density at radius 3 is 2.29 bits per heavy atom. The van der Waals surface area contributed by atoms with Crippen LogP contribution in [0.5, 0.6) is 0 Å². The number of allylic oxidation sites excluding steroid dienone is 2. The minimum Gasteiger partial charge on any atom is -0.0880 e. The highest BCUT2D eigenvalue weighted by atomic mass is 79.9. The predicted molar refractivity (Wildman–Crippen MR) is 37.8 cm³/mol. The minimum atomic E-state index is 1.03. The average molecular weight is 163 g/mol. The van der Waals surface area contributed by atoms with Crippen molar-refractivity contribution in [2.75, 3.05) is 5.33 Å². The molecule has 0 nitrogen and oxygen atoms in total. The van der Waals surface area contributed by atoms with Crippen molar-refractivity contribution in [1.82, 2.24) is 0 Å². The molecule has 0 aromatic rings. The van der Waals surface area contributed by atoms with Gasteiger partial charge in [-0.15, -0.1) is 0 Å². The molecule has 1 heteroatoms. The lowest BCUT2D eigenvalue weighted by molar-refractivity contribution is 1.10. The third-order valence-electron chi connectivity index (χ3n) is 1.03. The Morgan fingerprint density at radius 2 is 2.29 bits per heavy atom. The largest absolute Gasteiger partial charge is 0.0880 e. The summed E-state index contributed by atoms with van der Waals surface area (Å²) in [7, 11) is 0. The van der Waals surface area contributed by atoms with Gasteiger partial charge in [0, 0.05) is 5.33 Å². The molecule has 0 aliphatic carbocycles. The van der Waals surface area contributed by atoms with Gasteiger partial charge in [0.15, 0.2) is 0 Å². The van der Waals surface area contributed by atoms with E-state index in [1.807, 2.05) is 0 Å². The zero-order valence-corrected chi connectivity index (χ0v) is 6.46. The Bertz CT molecular complexity index is 58.6. The van der Waals surface area contributed by atoms with Gasteiger partial charge in [-0.3, -0.25) is 0 Å². The van der Waals surface area contributed by atoms with Crippen molar-refractivity contribution in [3.63, 3.8) is 0 Å². The van der Waals surface area contributed by atoms with E-state index in [0.29, 0.717) is 0 Å². The summed E-state index contributed by atoms with van der Waals surface area (Å²) in [5, 5.41) is 1.03. The fraction of sp³-hybridized carbons (Fsp3) is 0.667. The molecule has 0 unspecified atom stereocenters. The van der Waals surface area contributed by atoms with E-state index in [2.05, 4.69) is 35.9 Å². The summed E-state index contributed by atoms with van der Waals surface area (Å²) >= 11 is 3.37. The van der Waals surface area contributed by atoms with Crippen LogP contribution in [0, 0.1) is 0 Å². The quantitative estimate of drug-likeness (QED) is 0.433. The molecule has 0 amide bonds. The summed E-state index contributed by atoms with van der Waals surface area (Å²) in [4.78, 5) is 0. The van der Waals surface area contributed by atoms with Gasteiger partial charge in [0.05, 0.1) is 0 Å². The van der Waals surface area contributed by atoms with Crippen molar-refractivity contribution < 1.29 is 0 Å². The van der Waals surface area contributed by atoms with E-state index in [0.717, 1.165) is 5.33 Å². The molecule has 0 aromatic heterocycles. The van der Waals surface area contributed by atoms with E-state index in [1.165, 1.54) is 12.0 Å². The molecule has 0 N–H and O–H groups in total. The van der Waals surface area contributed by atoms with Crippen LogP contribution in [0.2, 0.25) is 0 Å². The van der Waals surface area contributed by atoms with Crippen LogP contribution in [-0.2, 0) is 0 Å². The van der Waals surface area contributed by atoms with Crippen LogP contribution in [0.3, 0.4) is 0 Å². The number of alkyl halides is 1. The second-order valence-electron chi connectivity index (χ2n) is 1.43. The van der Waals surface area contributed by atoms with Crippen molar-refractivity contribution in [2.24, 2.45) is 0 Å². The molecule has 7 heavy (non-hydrogen) atoms. The maximum atomic E-state index is 3.37. The van der Waals surface area contributed by atoms with Gasteiger partial charge in [-0.1, -0.05) is 34.5 Å². The molecule has 42 valence electrons. The Balaban J connectivity index is 3.38. The van der Waals surface area contributed by atoms with Crippen molar-refractivity contribution in [2.45, 2.75) is 20.3 Å². The molecule has 0 radical (unpaired) electrons. The molecule has 0 saturated carbocycles. The van der Waals surface area contributed by atoms with Crippen LogP contribution in [0.15, 0.2) is 11.6 Å². The van der Waals surface area contributed by atoms with Crippen LogP contribution in [0.1, 0.15) is 20.3 Å². The van der Waals surface area contributed by atoms with E-state index >= 15 is 0 Å². The maximum absolute atomic E-state index is 3.37. The lowest BCUT2D eigenvalue weighted by Gasteiger charge is -1.91. The van der Waals surface area contributed by atoms with E-state index in [1.54, 1.807) is 0 Å². The van der Waals surface area contributed by atoms with E-state index in [-0.39, 0.29) is 0 Å². The van der Waals surface area contributed by atoms with Gasteiger partial charge in [-0.2, -0.15) is 0 Å². The molecule has 0 rings (SSSR count). The first-order chi connectivity index (χ1) is 3.35. The van der Waals surface area contributed by atoms with Gasteiger partial charge >= 0.3 is 0 Å². The van der Waals surface area contributed by atoms with E-state index < -0.39 is 0 Å². The number of rotatable bonds is 2. The fourth-order valence-corrected chi connectivity index (χ4v) is 1.10. The van der Waals surface area contributed by atoms with E-state index in [4.69, 9.17) is 0 Å². The highest BCUT2D eigenvalue weighted by Gasteiger charge is 1.83. The first kappa shape index (κ1) is 7.22. The second-order valence-corrected chi connectivity index (χ2v) is 1.99. The van der Waals surface area contributed by atoms with Gasteiger partial charge in [0.1, 0.15) is 0 Å². The van der Waals surface area contributed by atoms with Crippen LogP contribution >= 0.6 is 15.9 Å². The molecule has 0 bridgehead atoms. The molecule has 0 atom stereocenters. The Kier molecular flexibility index (Phi) is 4.52. The zero-order valence-electron chi connectivity index (χ0n) is 4.87. The molecular weight excluding hydrogens is 152 g/mol. The van der Waals surface area contributed by atoms with Gasteiger partial charge in [0.2, 0.25) is 0 Å². The molecule has 0 aliphatic rings. The van der Waals surface area contributed by atoms with Crippen LogP contribution in [-0.4, -0.2) is 5.33 Å². The molecule has 0 heterocycles. The summed E-state index contributed by atoms with van der Waals surface area (Å²) in [6, 6.07) is 0. The molecule has 0 aromatic carbocycles. The molecule has 0 saturated heterocycles. The summed E-state index contributed by atoms with van der Waals surface area (Å²) in [5.41, 5.74) is 1.47. The van der Waals surface area contributed by atoms with Gasteiger partial charge < -0.3 is 0 Å². The number of halogens is 1. The van der Waals surface area contributed by atoms with Crippen LogP contribution < -0.4 is 0 Å². The third-order valence-corrected chi connectivity index (χ3v) is 1.75. The first-order valence-electron chi connectivity index (χ1n) is 2.55. The second kappa shape index (κ2) is 4.38. The minimum absolute atomic E-state index is 1.03. The van der Waals surface area contributed by atoms with Crippen LogP contribution in [0.25, 0.3) is 0 Å². The molecule has 0 aliphatic heterocycles. The molecular formula is C6H11Br. The smallest absolute Gasteiger partial charge is 0.0241 e. The highest BCUT2D eigenvalue weighted by molar-refractivity contribution is 9.09. The first-order valence-corrected chi connectivity index (χ1v) is 3.67. The lowest BCUT2D eigenvalue weighted by atomic mass is 10.2. The van der Waals surface area contributed by atoms with Gasteiger partial charge in [-0.25, -0.2) is 0 Å². The number of hydrogen-bond acceptors (Lipinski definition) is 0. The van der Waals surface area contributed by atoms with Crippen molar-refractivity contribution in [1.29, 1.82) is 0 Å². The van der Waals surface area contributed by atoms with Gasteiger partial charge in [0.25, 0.3) is 0 Å². The van der Waals surface area contributed by atoms with Crippen molar-refractivity contribution in [3.05, 3.63) is 11.6 Å². The highest BCUT2D eigenvalue weighted by Crippen LogP contribution is 2.02. The third kappa shape index (κ3) is 2.86. The molecule has 0 fully saturated rings. The summed E-state index contributed by atoms with van der Waals surface area (Å²) in [5.74, 6) is 0. The Labute approximate surface area is 53.7 Å². The normalized spacial score (nSPS) is 12.1. The standard InChI is InChI=1S/C6H11Br/c1-3-6(4-2)5-7/h3H,4-5H2,1-2H3. The van der Waals surface area contributed by atoms with E-state index in [9.17, 15) is 0 Å².